The first kappa shape index (κ1) is 12.7. The van der Waals surface area contributed by atoms with Crippen molar-refractivity contribution in [3.05, 3.63) is 36.5 Å². The normalized spacial score (nSPS) is 11.6. The molecule has 0 radical (unpaired) electrons. The van der Waals surface area contributed by atoms with Gasteiger partial charge in [0.25, 0.3) is 0 Å². The summed E-state index contributed by atoms with van der Waals surface area (Å²) in [5.74, 6) is 0.575. The monoisotopic (exact) mass is 268 g/mol. The summed E-state index contributed by atoms with van der Waals surface area (Å²) in [7, 11) is -3.92. The topological polar surface area (TPSA) is 91.5 Å². The second-order valence-corrected chi connectivity index (χ2v) is 4.72. The Morgan fingerprint density at radius 3 is 2.72 bits per heavy atom. The molecule has 2 N–H and O–H groups in total. The molecule has 0 bridgehead atoms. The Hall–Kier alpha value is -1.70. The average Bonchev–Trinajstić information content (AvgIpc) is 2.33. The second-order valence-electron chi connectivity index (χ2n) is 3.49. The summed E-state index contributed by atoms with van der Waals surface area (Å²) in [5.41, 5.74) is 0.718. The summed E-state index contributed by atoms with van der Waals surface area (Å²) in [6.45, 7) is -0.0613. The molecule has 0 spiro atoms. The second kappa shape index (κ2) is 5.30. The fraction of sp³-hybridized carbons (Fsp3) is 0.182. The van der Waals surface area contributed by atoms with E-state index in [9.17, 15) is 8.42 Å². The van der Waals surface area contributed by atoms with Gasteiger partial charge in [-0.3, -0.25) is 9.17 Å². The third-order valence-electron chi connectivity index (χ3n) is 2.18. The fourth-order valence-electron chi connectivity index (χ4n) is 1.49. The fourth-order valence-corrected chi connectivity index (χ4v) is 1.79. The van der Waals surface area contributed by atoms with Crippen LogP contribution >= 0.6 is 0 Å². The number of ether oxygens (including phenoxy) is 1. The van der Waals surface area contributed by atoms with Crippen LogP contribution in [0.15, 0.2) is 36.5 Å². The lowest BCUT2D eigenvalue weighted by Crippen LogP contribution is -2.19. The summed E-state index contributed by atoms with van der Waals surface area (Å²) in [6, 6.07) is 9.24. The minimum Gasteiger partial charge on any atom is -0.489 e. The van der Waals surface area contributed by atoms with Crippen LogP contribution in [0.4, 0.5) is 0 Å². The Morgan fingerprint density at radius 1 is 1.17 bits per heavy atom. The lowest BCUT2D eigenvalue weighted by atomic mass is 10.2. The number of benzene rings is 1. The lowest BCUT2D eigenvalue weighted by molar-refractivity contribution is 0.222. The predicted molar refractivity (Wildman–Crippen MR) is 66.3 cm³/mol. The number of pyridine rings is 1. The van der Waals surface area contributed by atoms with Gasteiger partial charge in [0, 0.05) is 11.6 Å². The highest BCUT2D eigenvalue weighted by molar-refractivity contribution is 7.84. The third-order valence-corrected chi connectivity index (χ3v) is 2.68. The molecule has 0 amide bonds. The Kier molecular flexibility index (Phi) is 3.75. The van der Waals surface area contributed by atoms with E-state index < -0.39 is 10.3 Å². The highest BCUT2D eigenvalue weighted by Gasteiger charge is 2.04. The number of aromatic nitrogens is 1. The van der Waals surface area contributed by atoms with E-state index in [4.69, 9.17) is 4.74 Å². The zero-order valence-electron chi connectivity index (χ0n) is 9.44. The van der Waals surface area contributed by atoms with Gasteiger partial charge in [0.15, 0.2) is 0 Å². The van der Waals surface area contributed by atoms with Crippen LogP contribution in [0.1, 0.15) is 0 Å². The van der Waals surface area contributed by atoms with Crippen LogP contribution in [0.25, 0.3) is 10.9 Å². The van der Waals surface area contributed by atoms with Crippen LogP contribution in [-0.2, 0) is 14.5 Å². The van der Waals surface area contributed by atoms with Gasteiger partial charge in [-0.25, -0.2) is 5.14 Å². The maximum Gasteiger partial charge on any atom is 0.333 e. The Bertz CT molecular complexity index is 637. The molecule has 0 saturated heterocycles. The van der Waals surface area contributed by atoms with Crippen LogP contribution in [0.2, 0.25) is 0 Å². The van der Waals surface area contributed by atoms with E-state index in [2.05, 4.69) is 14.3 Å². The van der Waals surface area contributed by atoms with Crippen molar-refractivity contribution in [2.24, 2.45) is 5.14 Å². The number of nitrogens with zero attached hydrogens (tertiary/aromatic N) is 1. The third kappa shape index (κ3) is 3.39. The van der Waals surface area contributed by atoms with Gasteiger partial charge in [-0.15, -0.1) is 0 Å². The predicted octanol–water partition coefficient (Wildman–Crippen LogP) is 0.834. The SMILES string of the molecule is NS(=O)(=O)OCCOc1cccc2cccnc12. The van der Waals surface area contributed by atoms with Gasteiger partial charge in [-0.2, -0.15) is 8.42 Å². The molecule has 1 aromatic heterocycles. The molecule has 0 aliphatic heterocycles. The molecule has 7 heteroatoms. The molecule has 2 aromatic rings. The van der Waals surface area contributed by atoms with E-state index in [1.807, 2.05) is 24.3 Å². The minimum absolute atomic E-state index is 0.0755. The Balaban J connectivity index is 2.04. The number of para-hydroxylation sites is 1. The van der Waals surface area contributed by atoms with E-state index in [0.717, 1.165) is 10.9 Å². The van der Waals surface area contributed by atoms with Crippen LogP contribution in [0.5, 0.6) is 5.75 Å². The van der Waals surface area contributed by atoms with Crippen molar-refractivity contribution in [2.45, 2.75) is 0 Å². The highest BCUT2D eigenvalue weighted by Crippen LogP contribution is 2.22. The van der Waals surface area contributed by atoms with E-state index in [1.54, 1.807) is 12.3 Å². The summed E-state index contributed by atoms with van der Waals surface area (Å²) in [4.78, 5) is 4.20. The van der Waals surface area contributed by atoms with E-state index >= 15 is 0 Å². The first-order chi connectivity index (χ1) is 8.56. The van der Waals surface area contributed by atoms with Crippen molar-refractivity contribution in [3.63, 3.8) is 0 Å². The summed E-state index contributed by atoms with van der Waals surface area (Å²) >= 11 is 0. The van der Waals surface area contributed by atoms with Crippen molar-refractivity contribution in [1.82, 2.24) is 4.98 Å². The van der Waals surface area contributed by atoms with Gasteiger partial charge in [-0.05, 0) is 12.1 Å². The summed E-state index contributed by atoms with van der Waals surface area (Å²) in [6.07, 6.45) is 1.66. The van der Waals surface area contributed by atoms with Crippen LogP contribution in [0, 0.1) is 0 Å². The maximum atomic E-state index is 10.5. The minimum atomic E-state index is -3.92. The van der Waals surface area contributed by atoms with Crippen molar-refractivity contribution in [2.75, 3.05) is 13.2 Å². The van der Waals surface area contributed by atoms with Gasteiger partial charge in [0.05, 0.1) is 0 Å². The molecule has 1 aromatic carbocycles. The molecule has 0 atom stereocenters. The number of hydrogen-bond donors (Lipinski definition) is 1. The van der Waals surface area contributed by atoms with Crippen molar-refractivity contribution < 1.29 is 17.3 Å². The van der Waals surface area contributed by atoms with Gasteiger partial charge in [0.1, 0.15) is 24.5 Å². The smallest absolute Gasteiger partial charge is 0.333 e. The number of nitrogens with two attached hydrogens (primary N) is 1. The first-order valence-corrected chi connectivity index (χ1v) is 6.67. The summed E-state index contributed by atoms with van der Waals surface area (Å²) < 4.78 is 30.9. The standard InChI is InChI=1S/C11H12N2O4S/c12-18(14,15)17-8-7-16-10-5-1-3-9-4-2-6-13-11(9)10/h1-6H,7-8H2,(H2,12,14,15). The molecule has 18 heavy (non-hydrogen) atoms. The molecule has 0 saturated carbocycles. The molecule has 2 rings (SSSR count). The number of hydrogen-bond acceptors (Lipinski definition) is 5. The Morgan fingerprint density at radius 2 is 1.94 bits per heavy atom. The quantitative estimate of drug-likeness (QED) is 0.811. The maximum absolute atomic E-state index is 10.5. The van der Waals surface area contributed by atoms with Crippen molar-refractivity contribution in [3.8, 4) is 5.75 Å². The van der Waals surface area contributed by atoms with Crippen molar-refractivity contribution in [1.29, 1.82) is 0 Å². The zero-order chi connectivity index (χ0) is 13.0. The van der Waals surface area contributed by atoms with Gasteiger partial charge >= 0.3 is 10.3 Å². The molecular weight excluding hydrogens is 256 g/mol. The molecule has 6 nitrogen and oxygen atoms in total. The van der Waals surface area contributed by atoms with E-state index in [1.165, 1.54) is 0 Å². The molecule has 0 aliphatic carbocycles. The molecular formula is C11H12N2O4S. The van der Waals surface area contributed by atoms with Gasteiger partial charge < -0.3 is 4.74 Å². The lowest BCUT2D eigenvalue weighted by Gasteiger charge is -2.08. The molecule has 0 fully saturated rings. The number of fused-ring (bicyclic) bond motifs is 1. The molecule has 0 unspecified atom stereocenters. The number of rotatable bonds is 5. The van der Waals surface area contributed by atoms with E-state index in [-0.39, 0.29) is 13.2 Å². The van der Waals surface area contributed by atoms with Gasteiger partial charge in [0.2, 0.25) is 0 Å². The molecule has 1 heterocycles. The van der Waals surface area contributed by atoms with E-state index in [0.29, 0.717) is 5.75 Å². The largest absolute Gasteiger partial charge is 0.489 e. The van der Waals surface area contributed by atoms with Crippen LogP contribution < -0.4 is 9.88 Å². The average molecular weight is 268 g/mol. The first-order valence-electron chi connectivity index (χ1n) is 5.20. The van der Waals surface area contributed by atoms with Crippen LogP contribution in [-0.4, -0.2) is 26.6 Å². The highest BCUT2D eigenvalue weighted by atomic mass is 32.2. The molecule has 0 aliphatic rings. The Labute approximate surface area is 105 Å². The summed E-state index contributed by atoms with van der Waals surface area (Å²) in [5, 5.41) is 5.63. The van der Waals surface area contributed by atoms with Crippen LogP contribution in [0.3, 0.4) is 0 Å². The zero-order valence-corrected chi connectivity index (χ0v) is 10.3. The van der Waals surface area contributed by atoms with Crippen molar-refractivity contribution >= 4 is 21.2 Å². The molecule has 96 valence electrons. The van der Waals surface area contributed by atoms with Gasteiger partial charge in [-0.1, -0.05) is 18.2 Å².